The maximum Gasteiger partial charge on any atom is 0.204 e. The van der Waals surface area contributed by atoms with Gasteiger partial charge in [0.2, 0.25) is 5.78 Å². The van der Waals surface area contributed by atoms with Crippen LogP contribution in [0.25, 0.3) is 0 Å². The van der Waals surface area contributed by atoms with Crippen LogP contribution in [0.15, 0.2) is 30.3 Å². The molecule has 0 aliphatic carbocycles. The van der Waals surface area contributed by atoms with Crippen molar-refractivity contribution in [1.29, 1.82) is 0 Å². The molecular weight excluding hydrogens is 319 g/mol. The SMILES string of the molecule is O=C(c1ccc(C2OCCO2)s1)c1cccc(Cl)c1Cl. The van der Waals surface area contributed by atoms with Crippen molar-refractivity contribution in [2.24, 2.45) is 0 Å². The van der Waals surface area contributed by atoms with Gasteiger partial charge in [-0.05, 0) is 24.3 Å². The lowest BCUT2D eigenvalue weighted by Gasteiger charge is -2.05. The van der Waals surface area contributed by atoms with Gasteiger partial charge < -0.3 is 9.47 Å². The fraction of sp³-hybridized carbons (Fsp3) is 0.214. The Bertz CT molecular complexity index is 648. The van der Waals surface area contributed by atoms with Crippen LogP contribution in [0.1, 0.15) is 26.4 Å². The Morgan fingerprint density at radius 1 is 1.15 bits per heavy atom. The van der Waals surface area contributed by atoms with Crippen molar-refractivity contribution in [3.8, 4) is 0 Å². The van der Waals surface area contributed by atoms with E-state index in [1.54, 1.807) is 24.3 Å². The maximum atomic E-state index is 12.4. The molecule has 1 aliphatic rings. The smallest absolute Gasteiger partial charge is 0.204 e. The molecule has 3 nitrogen and oxygen atoms in total. The summed E-state index contributed by atoms with van der Waals surface area (Å²) in [5, 5.41) is 0.652. The van der Waals surface area contributed by atoms with Crippen molar-refractivity contribution in [3.63, 3.8) is 0 Å². The molecule has 2 aromatic rings. The van der Waals surface area contributed by atoms with Gasteiger partial charge in [0.25, 0.3) is 0 Å². The number of hydrogen-bond donors (Lipinski definition) is 0. The predicted molar refractivity (Wildman–Crippen MR) is 78.9 cm³/mol. The van der Waals surface area contributed by atoms with Gasteiger partial charge in [0.1, 0.15) is 0 Å². The normalized spacial score (nSPS) is 15.7. The highest BCUT2D eigenvalue weighted by Crippen LogP contribution is 2.33. The summed E-state index contributed by atoms with van der Waals surface area (Å²) in [5.41, 5.74) is 0.404. The lowest BCUT2D eigenvalue weighted by molar-refractivity contribution is -0.0413. The predicted octanol–water partition coefficient (Wildman–Crippen LogP) is 4.33. The van der Waals surface area contributed by atoms with Gasteiger partial charge in [-0.3, -0.25) is 4.79 Å². The molecule has 0 atom stereocenters. The monoisotopic (exact) mass is 328 g/mol. The average Bonchev–Trinajstić information content (AvgIpc) is 3.11. The fourth-order valence-electron chi connectivity index (χ4n) is 1.94. The maximum absolute atomic E-state index is 12.4. The molecule has 3 rings (SSSR count). The first-order chi connectivity index (χ1) is 9.66. The molecule has 1 aromatic carbocycles. The van der Waals surface area contributed by atoms with Crippen LogP contribution in [0.4, 0.5) is 0 Å². The summed E-state index contributed by atoms with van der Waals surface area (Å²) >= 11 is 13.4. The first-order valence-electron chi connectivity index (χ1n) is 5.98. The zero-order chi connectivity index (χ0) is 14.1. The highest BCUT2D eigenvalue weighted by molar-refractivity contribution is 7.14. The van der Waals surface area contributed by atoms with Crippen molar-refractivity contribution in [2.75, 3.05) is 13.2 Å². The molecule has 0 N–H and O–H groups in total. The van der Waals surface area contributed by atoms with E-state index in [2.05, 4.69) is 0 Å². The Balaban J connectivity index is 1.89. The summed E-state index contributed by atoms with van der Waals surface area (Å²) in [4.78, 5) is 13.9. The van der Waals surface area contributed by atoms with Crippen LogP contribution in [-0.2, 0) is 9.47 Å². The first kappa shape index (κ1) is 14.0. The van der Waals surface area contributed by atoms with E-state index in [1.165, 1.54) is 11.3 Å². The number of ketones is 1. The average molecular weight is 329 g/mol. The molecule has 1 fully saturated rings. The lowest BCUT2D eigenvalue weighted by Crippen LogP contribution is -1.99. The van der Waals surface area contributed by atoms with Gasteiger partial charge in [0.15, 0.2) is 6.29 Å². The van der Waals surface area contributed by atoms with Crippen LogP contribution in [0, 0.1) is 0 Å². The molecule has 2 heterocycles. The van der Waals surface area contributed by atoms with Crippen LogP contribution in [0.3, 0.4) is 0 Å². The molecule has 1 aliphatic heterocycles. The molecule has 0 unspecified atom stereocenters. The molecular formula is C14H10Cl2O3S. The Hall–Kier alpha value is -0.910. The minimum absolute atomic E-state index is 0.147. The second-order valence-corrected chi connectivity index (χ2v) is 6.11. The Morgan fingerprint density at radius 2 is 1.90 bits per heavy atom. The molecule has 20 heavy (non-hydrogen) atoms. The van der Waals surface area contributed by atoms with Gasteiger partial charge in [-0.25, -0.2) is 0 Å². The van der Waals surface area contributed by atoms with Crippen molar-refractivity contribution < 1.29 is 14.3 Å². The number of benzene rings is 1. The lowest BCUT2D eigenvalue weighted by atomic mass is 10.1. The summed E-state index contributed by atoms with van der Waals surface area (Å²) in [6.45, 7) is 1.15. The Morgan fingerprint density at radius 3 is 2.65 bits per heavy atom. The van der Waals surface area contributed by atoms with Crippen LogP contribution in [-0.4, -0.2) is 19.0 Å². The zero-order valence-electron chi connectivity index (χ0n) is 10.3. The second kappa shape index (κ2) is 5.84. The van der Waals surface area contributed by atoms with E-state index in [9.17, 15) is 4.79 Å². The number of halogens is 2. The van der Waals surface area contributed by atoms with Crippen molar-refractivity contribution in [3.05, 3.63) is 55.7 Å². The highest BCUT2D eigenvalue weighted by atomic mass is 35.5. The third-order valence-electron chi connectivity index (χ3n) is 2.90. The summed E-state index contributed by atoms with van der Waals surface area (Å²) in [5.74, 6) is -0.147. The third-order valence-corrected chi connectivity index (χ3v) is 4.83. The number of rotatable bonds is 3. The first-order valence-corrected chi connectivity index (χ1v) is 7.55. The van der Waals surface area contributed by atoms with E-state index >= 15 is 0 Å². The van der Waals surface area contributed by atoms with E-state index in [4.69, 9.17) is 32.7 Å². The van der Waals surface area contributed by atoms with Gasteiger partial charge in [0, 0.05) is 5.56 Å². The van der Waals surface area contributed by atoms with Gasteiger partial charge in [-0.15, -0.1) is 11.3 Å². The van der Waals surface area contributed by atoms with Crippen molar-refractivity contribution >= 4 is 40.3 Å². The van der Waals surface area contributed by atoms with E-state index < -0.39 is 0 Å². The molecule has 1 saturated heterocycles. The fourth-order valence-corrected chi connectivity index (χ4v) is 3.28. The van der Waals surface area contributed by atoms with E-state index in [1.807, 2.05) is 6.07 Å². The number of carbonyl (C=O) groups excluding carboxylic acids is 1. The minimum Gasteiger partial charge on any atom is -0.345 e. The van der Waals surface area contributed by atoms with Crippen LogP contribution >= 0.6 is 34.5 Å². The third kappa shape index (κ3) is 2.62. The summed E-state index contributed by atoms with van der Waals surface area (Å²) in [6.07, 6.45) is -0.364. The quantitative estimate of drug-likeness (QED) is 0.786. The van der Waals surface area contributed by atoms with Crippen LogP contribution in [0.5, 0.6) is 0 Å². The van der Waals surface area contributed by atoms with Crippen molar-refractivity contribution in [1.82, 2.24) is 0 Å². The molecule has 0 saturated carbocycles. The summed E-state index contributed by atoms with van der Waals surface area (Å²) in [7, 11) is 0. The largest absolute Gasteiger partial charge is 0.345 e. The van der Waals surface area contributed by atoms with Gasteiger partial charge in [-0.2, -0.15) is 0 Å². The van der Waals surface area contributed by atoms with Crippen molar-refractivity contribution in [2.45, 2.75) is 6.29 Å². The van der Waals surface area contributed by atoms with Gasteiger partial charge >= 0.3 is 0 Å². The molecule has 1 aromatic heterocycles. The van der Waals surface area contributed by atoms with E-state index in [0.717, 1.165) is 4.88 Å². The molecule has 0 radical (unpaired) electrons. The van der Waals surface area contributed by atoms with E-state index in [-0.39, 0.29) is 17.1 Å². The number of thiophene rings is 1. The number of ether oxygens (including phenoxy) is 2. The summed E-state index contributed by atoms with van der Waals surface area (Å²) in [6, 6.07) is 8.62. The van der Waals surface area contributed by atoms with Gasteiger partial charge in [-0.1, -0.05) is 29.3 Å². The van der Waals surface area contributed by atoms with Crippen LogP contribution < -0.4 is 0 Å². The summed E-state index contributed by atoms with van der Waals surface area (Å²) < 4.78 is 10.8. The van der Waals surface area contributed by atoms with Crippen LogP contribution in [0.2, 0.25) is 10.0 Å². The van der Waals surface area contributed by atoms with Gasteiger partial charge in [0.05, 0.1) is 33.0 Å². The topological polar surface area (TPSA) is 35.5 Å². The number of hydrogen-bond acceptors (Lipinski definition) is 4. The standard InChI is InChI=1S/C14H10Cl2O3S/c15-9-3-1-2-8(12(9)16)13(17)10-4-5-11(20-10)14-18-6-7-19-14/h1-5,14H,6-7H2. The highest BCUT2D eigenvalue weighted by Gasteiger charge is 2.23. The molecule has 0 bridgehead atoms. The molecule has 104 valence electrons. The molecule has 0 amide bonds. The molecule has 0 spiro atoms. The minimum atomic E-state index is -0.364. The zero-order valence-corrected chi connectivity index (χ0v) is 12.6. The molecule has 6 heteroatoms. The van der Waals surface area contributed by atoms with E-state index in [0.29, 0.717) is 28.7 Å². The Labute approximate surface area is 130 Å². The number of carbonyl (C=O) groups is 1. The second-order valence-electron chi connectivity index (χ2n) is 4.21. The Kier molecular flexibility index (Phi) is 4.10.